The zero-order chi connectivity index (χ0) is 34.4. The molecular weight excluding hydrogens is 605 g/mol. The third-order valence-electron chi connectivity index (χ3n) is 10.0. The maximum absolute atomic E-state index is 13.8. The van der Waals surface area contributed by atoms with E-state index in [-0.39, 0.29) is 66.9 Å². The summed E-state index contributed by atoms with van der Waals surface area (Å²) in [6.45, 7) is 11.0. The topological polar surface area (TPSA) is 199 Å². The number of guanidine groups is 1. The molecule has 47 heavy (non-hydrogen) atoms. The molecule has 14 nitrogen and oxygen atoms in total. The molecular formula is C32H50BN7O7. The molecule has 0 unspecified atom stereocenters. The number of nitrogens with one attached hydrogen (secondary N) is 4. The summed E-state index contributed by atoms with van der Waals surface area (Å²) in [6.07, 6.45) is 3.63. The van der Waals surface area contributed by atoms with Gasteiger partial charge in [-0.1, -0.05) is 51.3 Å². The van der Waals surface area contributed by atoms with E-state index in [2.05, 4.69) is 55.6 Å². The van der Waals surface area contributed by atoms with Gasteiger partial charge in [-0.3, -0.25) is 14.4 Å². The second-order valence-corrected chi connectivity index (χ2v) is 14.2. The van der Waals surface area contributed by atoms with Crippen LogP contribution < -0.4 is 27.1 Å². The van der Waals surface area contributed by atoms with Crippen molar-refractivity contribution >= 4 is 36.5 Å². The third-order valence-corrected chi connectivity index (χ3v) is 10.0. The normalized spacial score (nSPS) is 25.6. The van der Waals surface area contributed by atoms with E-state index in [1.807, 2.05) is 18.2 Å². The van der Waals surface area contributed by atoms with Crippen molar-refractivity contribution in [2.24, 2.45) is 33.9 Å². The maximum atomic E-state index is 13.8. The number of carbonyl (C=O) groups is 3. The molecule has 3 amide bonds. The molecule has 1 aliphatic heterocycles. The Morgan fingerprint density at radius 2 is 1.79 bits per heavy atom. The first-order chi connectivity index (χ1) is 22.2. The molecule has 2 bridgehead atoms. The molecule has 1 saturated heterocycles. The number of hydrogen-bond acceptors (Lipinski definition) is 8. The van der Waals surface area contributed by atoms with Crippen molar-refractivity contribution in [1.29, 1.82) is 0 Å². The monoisotopic (exact) mass is 655 g/mol. The summed E-state index contributed by atoms with van der Waals surface area (Å²) < 4.78 is 13.2. The summed E-state index contributed by atoms with van der Waals surface area (Å²) in [5.74, 6) is -0.560. The summed E-state index contributed by atoms with van der Waals surface area (Å²) in [5, 5.41) is 18.5. The summed E-state index contributed by atoms with van der Waals surface area (Å²) in [5.41, 5.74) is 7.73. The number of anilines is 1. The average molecular weight is 656 g/mol. The van der Waals surface area contributed by atoms with Crippen LogP contribution >= 0.6 is 0 Å². The second-order valence-electron chi connectivity index (χ2n) is 14.2. The highest BCUT2D eigenvalue weighted by molar-refractivity contribution is 6.48. The Hall–Kier alpha value is -3.72. The van der Waals surface area contributed by atoms with Gasteiger partial charge in [0.1, 0.15) is 6.04 Å². The molecule has 15 heteroatoms. The van der Waals surface area contributed by atoms with Crippen molar-refractivity contribution in [3.05, 3.63) is 40.4 Å². The quantitative estimate of drug-likeness (QED) is 0.0444. The van der Waals surface area contributed by atoms with Crippen LogP contribution in [0.5, 0.6) is 0 Å². The molecule has 1 aromatic rings. The number of amides is 3. The van der Waals surface area contributed by atoms with Crippen LogP contribution in [0.15, 0.2) is 35.3 Å². The lowest BCUT2D eigenvalue weighted by Gasteiger charge is -2.64. The number of hydrazine groups is 1. The lowest BCUT2D eigenvalue weighted by molar-refractivity contribution is -0.525. The molecule has 6 N–H and O–H groups in total. The van der Waals surface area contributed by atoms with E-state index in [4.69, 9.17) is 15.0 Å². The molecule has 4 aliphatic rings. The SMILES string of the molecule is CC(C)C[C@H](NC(=O)[C@H](CCCN=C(N)N[N+](=O)[O-])NC(=O)CCCC(=O)Nc1ccccc1)B1O[C@@H]2C[C@H]3C[C@H](C3(C)C)[C@]2(C)O1. The number of aliphatic imine (C=N–C) groups is 1. The molecule has 5 rings (SSSR count). The summed E-state index contributed by atoms with van der Waals surface area (Å²) in [4.78, 5) is 53.6. The smallest absolute Gasteiger partial charge is 0.404 e. The lowest BCUT2D eigenvalue weighted by Crippen LogP contribution is -2.65. The fourth-order valence-corrected chi connectivity index (χ4v) is 7.41. The van der Waals surface area contributed by atoms with Crippen molar-refractivity contribution in [3.8, 4) is 0 Å². The summed E-state index contributed by atoms with van der Waals surface area (Å²) >= 11 is 0. The Kier molecular flexibility index (Phi) is 11.9. The van der Waals surface area contributed by atoms with Gasteiger partial charge in [0, 0.05) is 25.1 Å². The largest absolute Gasteiger partial charge is 0.481 e. The van der Waals surface area contributed by atoms with Crippen molar-refractivity contribution < 1.29 is 28.7 Å². The number of nitrogens with two attached hydrogens (primary N) is 1. The first-order valence-corrected chi connectivity index (χ1v) is 16.7. The van der Waals surface area contributed by atoms with Crippen LogP contribution in [-0.2, 0) is 23.7 Å². The maximum Gasteiger partial charge on any atom is 0.481 e. The van der Waals surface area contributed by atoms with Crippen molar-refractivity contribution in [2.75, 3.05) is 11.9 Å². The Labute approximate surface area is 277 Å². The second kappa shape index (κ2) is 15.5. The van der Waals surface area contributed by atoms with E-state index in [9.17, 15) is 24.5 Å². The molecule has 0 aromatic heterocycles. The molecule has 6 atom stereocenters. The standard InChI is InChI=1S/C32H50BN7O7/c1-20(2)17-26(33-46-25-19-21-18-24(31(21,3)4)32(25,5)47-33)38-29(43)23(13-10-16-35-30(34)39-40(44)45)37-28(42)15-9-14-27(41)36-22-11-7-6-8-12-22/h6-8,11-12,20-21,23-26H,9-10,13-19H2,1-5H3,(H,36,41)(H,37,42)(H,38,43)(H3,34,35,39)/t21-,23+,24-,25-,26+,32+/m1/s1. The van der Waals surface area contributed by atoms with Crippen LogP contribution in [0.3, 0.4) is 0 Å². The Balaban J connectivity index is 1.38. The summed E-state index contributed by atoms with van der Waals surface area (Å²) in [7, 11) is -0.622. The van der Waals surface area contributed by atoms with Gasteiger partial charge in [0.25, 0.3) is 5.96 Å². The highest BCUT2D eigenvalue weighted by Crippen LogP contribution is 2.65. The number of nitro groups is 1. The van der Waals surface area contributed by atoms with Gasteiger partial charge in [-0.25, -0.2) is 15.1 Å². The van der Waals surface area contributed by atoms with Crippen LogP contribution in [0.25, 0.3) is 0 Å². The van der Waals surface area contributed by atoms with Gasteiger partial charge < -0.3 is 31.0 Å². The van der Waals surface area contributed by atoms with Gasteiger partial charge in [0.2, 0.25) is 17.7 Å². The van der Waals surface area contributed by atoms with E-state index in [1.165, 1.54) is 0 Å². The highest BCUT2D eigenvalue weighted by atomic mass is 16.7. The summed E-state index contributed by atoms with van der Waals surface area (Å²) in [6, 6.07) is 8.14. The van der Waals surface area contributed by atoms with E-state index in [1.54, 1.807) is 17.6 Å². The first-order valence-electron chi connectivity index (χ1n) is 16.7. The predicted molar refractivity (Wildman–Crippen MR) is 178 cm³/mol. The average Bonchev–Trinajstić information content (AvgIpc) is 3.35. The van der Waals surface area contributed by atoms with Crippen LogP contribution in [0.4, 0.5) is 5.69 Å². The molecule has 3 aliphatic carbocycles. The zero-order valence-corrected chi connectivity index (χ0v) is 28.1. The van der Waals surface area contributed by atoms with Crippen LogP contribution in [0, 0.1) is 33.3 Å². The number of benzene rings is 1. The van der Waals surface area contributed by atoms with Gasteiger partial charge >= 0.3 is 7.12 Å². The fraction of sp³-hybridized carbons (Fsp3) is 0.688. The van der Waals surface area contributed by atoms with Gasteiger partial charge in [-0.15, -0.1) is 0 Å². The van der Waals surface area contributed by atoms with E-state index < -0.39 is 29.7 Å². The Bertz CT molecular complexity index is 1310. The first kappa shape index (κ1) is 36.1. The third kappa shape index (κ3) is 9.22. The van der Waals surface area contributed by atoms with Crippen molar-refractivity contribution in [2.45, 2.75) is 110 Å². The number of nitrogens with zero attached hydrogens (tertiary/aromatic N) is 2. The minimum absolute atomic E-state index is 0.0403. The van der Waals surface area contributed by atoms with Crippen LogP contribution in [0.2, 0.25) is 0 Å². The predicted octanol–water partition coefficient (Wildman–Crippen LogP) is 2.95. The lowest BCUT2D eigenvalue weighted by atomic mass is 9.43. The number of rotatable bonds is 16. The van der Waals surface area contributed by atoms with Crippen molar-refractivity contribution in [3.63, 3.8) is 0 Å². The fourth-order valence-electron chi connectivity index (χ4n) is 7.41. The van der Waals surface area contributed by atoms with E-state index in [0.29, 0.717) is 36.8 Å². The number of carbonyl (C=O) groups excluding carboxylic acids is 3. The highest BCUT2D eigenvalue weighted by Gasteiger charge is 2.68. The van der Waals surface area contributed by atoms with Gasteiger partial charge in [0.05, 0.1) is 17.6 Å². The minimum atomic E-state index is -0.916. The van der Waals surface area contributed by atoms with Crippen molar-refractivity contribution in [1.82, 2.24) is 16.1 Å². The van der Waals surface area contributed by atoms with Gasteiger partial charge in [-0.05, 0) is 80.8 Å². The van der Waals surface area contributed by atoms with E-state index in [0.717, 1.165) is 12.8 Å². The Morgan fingerprint density at radius 1 is 1.09 bits per heavy atom. The molecule has 258 valence electrons. The number of para-hydroxylation sites is 1. The van der Waals surface area contributed by atoms with Gasteiger partial charge in [0.15, 0.2) is 5.03 Å². The van der Waals surface area contributed by atoms with Crippen LogP contribution in [0.1, 0.15) is 86.0 Å². The van der Waals surface area contributed by atoms with Crippen LogP contribution in [-0.4, -0.2) is 66.1 Å². The molecule has 0 radical (unpaired) electrons. The minimum Gasteiger partial charge on any atom is -0.404 e. The van der Waals surface area contributed by atoms with E-state index >= 15 is 0 Å². The number of hydrogen-bond donors (Lipinski definition) is 5. The molecule has 1 heterocycles. The Morgan fingerprint density at radius 3 is 2.45 bits per heavy atom. The zero-order valence-electron chi connectivity index (χ0n) is 28.1. The molecule has 4 fully saturated rings. The molecule has 3 saturated carbocycles. The van der Waals surface area contributed by atoms with Gasteiger partial charge in [-0.2, -0.15) is 0 Å². The molecule has 0 spiro atoms. The molecule has 1 aromatic carbocycles.